The summed E-state index contributed by atoms with van der Waals surface area (Å²) in [5, 5.41) is 5.11. The molecule has 1 unspecified atom stereocenters. The van der Waals surface area contributed by atoms with E-state index >= 15 is 0 Å². The number of para-hydroxylation sites is 1. The fourth-order valence-electron chi connectivity index (χ4n) is 1.71. The molecule has 0 aliphatic carbocycles. The highest BCUT2D eigenvalue weighted by atomic mass is 79.9. The van der Waals surface area contributed by atoms with Crippen molar-refractivity contribution in [3.05, 3.63) is 22.7 Å². The lowest BCUT2D eigenvalue weighted by Gasteiger charge is -2.21. The molecule has 0 heterocycles. The lowest BCUT2D eigenvalue weighted by atomic mass is 9.99. The molecule has 0 saturated carbocycles. The summed E-state index contributed by atoms with van der Waals surface area (Å²) in [6.07, 6.45) is 0. The van der Waals surface area contributed by atoms with Crippen molar-refractivity contribution < 1.29 is 17.9 Å². The average molecular weight is 366 g/mol. The Kier molecular flexibility index (Phi) is 6.29. The molecule has 0 bridgehead atoms. The summed E-state index contributed by atoms with van der Waals surface area (Å²) in [5.41, 5.74) is 0. The number of nitrogens with two attached hydrogens (primary N) is 1. The van der Waals surface area contributed by atoms with E-state index in [0.717, 1.165) is 4.47 Å². The van der Waals surface area contributed by atoms with Gasteiger partial charge < -0.3 is 9.47 Å². The highest BCUT2D eigenvalue weighted by Crippen LogP contribution is 2.35. The maximum Gasteiger partial charge on any atom is 0.209 e. The molecule has 1 atom stereocenters. The first kappa shape index (κ1) is 17.3. The van der Waals surface area contributed by atoms with Crippen LogP contribution in [0.15, 0.2) is 22.7 Å². The van der Waals surface area contributed by atoms with Gasteiger partial charge in [-0.1, -0.05) is 19.9 Å². The van der Waals surface area contributed by atoms with Gasteiger partial charge in [0.15, 0.2) is 11.5 Å². The first-order chi connectivity index (χ1) is 9.24. The molecule has 5 nitrogen and oxygen atoms in total. The third-order valence-corrected chi connectivity index (χ3v) is 4.50. The number of hydrogen-bond acceptors (Lipinski definition) is 4. The lowest BCUT2D eigenvalue weighted by Crippen LogP contribution is -2.30. The van der Waals surface area contributed by atoms with E-state index in [-0.39, 0.29) is 24.2 Å². The number of hydrogen-bond donors (Lipinski definition) is 1. The maximum atomic E-state index is 11.2. The van der Waals surface area contributed by atoms with E-state index in [1.807, 2.05) is 26.0 Å². The quantitative estimate of drug-likeness (QED) is 0.804. The molecule has 20 heavy (non-hydrogen) atoms. The van der Waals surface area contributed by atoms with Crippen LogP contribution < -0.4 is 14.6 Å². The Morgan fingerprint density at radius 1 is 1.35 bits per heavy atom. The Labute approximate surface area is 128 Å². The summed E-state index contributed by atoms with van der Waals surface area (Å²) in [6, 6.07) is 5.45. The van der Waals surface area contributed by atoms with Crippen LogP contribution in [0.4, 0.5) is 0 Å². The molecule has 7 heteroatoms. The van der Waals surface area contributed by atoms with Crippen molar-refractivity contribution in [2.75, 3.05) is 19.5 Å². The molecule has 1 aromatic carbocycles. The van der Waals surface area contributed by atoms with Gasteiger partial charge in [0.25, 0.3) is 0 Å². The van der Waals surface area contributed by atoms with Crippen molar-refractivity contribution in [2.45, 2.75) is 13.8 Å². The molecule has 1 rings (SSSR count). The van der Waals surface area contributed by atoms with Crippen LogP contribution in [0.25, 0.3) is 0 Å². The summed E-state index contributed by atoms with van der Waals surface area (Å²) in [4.78, 5) is 0. The minimum absolute atomic E-state index is 0.0998. The number of primary sulfonamides is 1. The van der Waals surface area contributed by atoms with Crippen LogP contribution in [0.2, 0.25) is 0 Å². The van der Waals surface area contributed by atoms with Crippen LogP contribution in [0, 0.1) is 11.8 Å². The van der Waals surface area contributed by atoms with Gasteiger partial charge in [0, 0.05) is 5.92 Å². The summed E-state index contributed by atoms with van der Waals surface area (Å²) in [7, 11) is -1.97. The Bertz CT molecular complexity index is 545. The number of methoxy groups -OCH3 is 1. The van der Waals surface area contributed by atoms with Crippen LogP contribution in [0.1, 0.15) is 13.8 Å². The van der Waals surface area contributed by atoms with Crippen LogP contribution in [0.5, 0.6) is 11.5 Å². The summed E-state index contributed by atoms with van der Waals surface area (Å²) >= 11 is 3.39. The summed E-state index contributed by atoms with van der Waals surface area (Å²) < 4.78 is 34.2. The van der Waals surface area contributed by atoms with Crippen molar-refractivity contribution in [3.63, 3.8) is 0 Å². The second-order valence-corrected chi connectivity index (χ2v) is 7.43. The molecular formula is C13H20BrNO4S. The first-order valence-electron chi connectivity index (χ1n) is 6.20. The molecule has 2 N–H and O–H groups in total. The smallest absolute Gasteiger partial charge is 0.209 e. The fourth-order valence-corrected chi connectivity index (χ4v) is 3.25. The van der Waals surface area contributed by atoms with Gasteiger partial charge in [0.2, 0.25) is 10.0 Å². The Hall–Kier alpha value is -0.790. The van der Waals surface area contributed by atoms with Crippen LogP contribution in [-0.4, -0.2) is 27.9 Å². The van der Waals surface area contributed by atoms with E-state index in [1.165, 1.54) is 0 Å². The third-order valence-electron chi connectivity index (χ3n) is 2.98. The van der Waals surface area contributed by atoms with Crippen molar-refractivity contribution in [2.24, 2.45) is 17.0 Å². The van der Waals surface area contributed by atoms with Gasteiger partial charge in [0.05, 0.1) is 23.9 Å². The van der Waals surface area contributed by atoms with E-state index in [9.17, 15) is 8.42 Å². The van der Waals surface area contributed by atoms with Crippen LogP contribution >= 0.6 is 15.9 Å². The van der Waals surface area contributed by atoms with E-state index in [4.69, 9.17) is 14.6 Å². The Morgan fingerprint density at radius 3 is 2.50 bits per heavy atom. The highest BCUT2D eigenvalue weighted by molar-refractivity contribution is 9.10. The normalized spacial score (nSPS) is 13.3. The topological polar surface area (TPSA) is 78.6 Å². The van der Waals surface area contributed by atoms with E-state index < -0.39 is 10.0 Å². The molecule has 1 aromatic rings. The van der Waals surface area contributed by atoms with Crippen molar-refractivity contribution in [1.82, 2.24) is 0 Å². The molecule has 0 aliphatic heterocycles. The predicted octanol–water partition coefficient (Wildman–Crippen LogP) is 2.40. The first-order valence-corrected chi connectivity index (χ1v) is 8.71. The number of rotatable bonds is 7. The van der Waals surface area contributed by atoms with Crippen LogP contribution in [-0.2, 0) is 10.0 Å². The van der Waals surface area contributed by atoms with Gasteiger partial charge in [-0.3, -0.25) is 0 Å². The van der Waals surface area contributed by atoms with Crippen LogP contribution in [0.3, 0.4) is 0 Å². The number of ether oxygens (including phenoxy) is 2. The second-order valence-electron chi connectivity index (χ2n) is 4.92. The zero-order valence-corrected chi connectivity index (χ0v) is 14.2. The van der Waals surface area contributed by atoms with Gasteiger partial charge in [-0.2, -0.15) is 0 Å². The monoisotopic (exact) mass is 365 g/mol. The van der Waals surface area contributed by atoms with E-state index in [2.05, 4.69) is 15.9 Å². The molecule has 0 saturated heterocycles. The molecule has 0 aliphatic rings. The van der Waals surface area contributed by atoms with Crippen molar-refractivity contribution in [1.29, 1.82) is 0 Å². The van der Waals surface area contributed by atoms with E-state index in [0.29, 0.717) is 11.5 Å². The minimum atomic E-state index is -3.52. The SMILES string of the molecule is COc1cccc(Br)c1OCC(CS(N)(=O)=O)C(C)C. The molecule has 114 valence electrons. The summed E-state index contributed by atoms with van der Waals surface area (Å²) in [6.45, 7) is 4.14. The predicted molar refractivity (Wildman–Crippen MR) is 82.5 cm³/mol. The zero-order valence-electron chi connectivity index (χ0n) is 11.8. The third kappa shape index (κ3) is 5.30. The molecule has 0 aromatic heterocycles. The zero-order chi connectivity index (χ0) is 15.3. The number of benzene rings is 1. The molecule has 0 fully saturated rings. The Balaban J connectivity index is 2.83. The molecular weight excluding hydrogens is 346 g/mol. The summed E-state index contributed by atoms with van der Waals surface area (Å²) in [5.74, 6) is 1.02. The molecule has 0 spiro atoms. The lowest BCUT2D eigenvalue weighted by molar-refractivity contribution is 0.215. The van der Waals surface area contributed by atoms with E-state index in [1.54, 1.807) is 13.2 Å². The maximum absolute atomic E-state index is 11.2. The van der Waals surface area contributed by atoms with Gasteiger partial charge in [0.1, 0.15) is 0 Å². The molecule has 0 radical (unpaired) electrons. The number of halogens is 1. The Morgan fingerprint density at radius 2 is 2.00 bits per heavy atom. The van der Waals surface area contributed by atoms with Gasteiger partial charge in [-0.25, -0.2) is 13.6 Å². The van der Waals surface area contributed by atoms with Crippen molar-refractivity contribution in [3.8, 4) is 11.5 Å². The number of sulfonamides is 1. The second kappa shape index (κ2) is 7.28. The largest absolute Gasteiger partial charge is 0.493 e. The fraction of sp³-hybridized carbons (Fsp3) is 0.538. The van der Waals surface area contributed by atoms with Crippen molar-refractivity contribution >= 4 is 26.0 Å². The molecule has 0 amide bonds. The minimum Gasteiger partial charge on any atom is -0.493 e. The average Bonchev–Trinajstić information content (AvgIpc) is 2.33. The van der Waals surface area contributed by atoms with Gasteiger partial charge in [-0.05, 0) is 34.0 Å². The highest BCUT2D eigenvalue weighted by Gasteiger charge is 2.21. The standard InChI is InChI=1S/C13H20BrNO4S/c1-9(2)10(8-20(15,16)17)7-19-13-11(14)5-4-6-12(13)18-3/h4-6,9-10H,7-8H2,1-3H3,(H2,15,16,17). The van der Waals surface area contributed by atoms with Gasteiger partial charge >= 0.3 is 0 Å². The van der Waals surface area contributed by atoms with Gasteiger partial charge in [-0.15, -0.1) is 0 Å².